The fraction of sp³-hybridized carbons (Fsp3) is 0.536. The minimum absolute atomic E-state index is 0.0665. The van der Waals surface area contributed by atoms with Crippen LogP contribution in [0.15, 0.2) is 212 Å². The SMILES string of the molecule is CC(C)(C)c1cccc[n+]1[O-].CC(C)(C)c1ccccn1.CC(C)(C)c1ccn[nH]1.CC(C)(C)c1ccncn1.CC(C)(C)c1cnccn1.CC(C)(C)c1ncccn1.CC(C)(C)c1nccs1.CN1NNC=C1C(C)(C)C.C[N+]1=CCN=C1C(C)(C)C.Cc1cccc(C(C)(C)C)n1.Cc1ccncc1C(C)(C)C.Cn1cc(C(C)(C)C)nn1.Cn1nc(C(C)(C)C)c2ccccc21. The largest absolute Gasteiger partial charge is 0.618 e. The number of nitrogens with one attached hydrogen (secondary N) is 3. The second-order valence-electron chi connectivity index (χ2n) is 46.9. The predicted molar refractivity (Wildman–Crippen MR) is 567 cm³/mol. The highest BCUT2D eigenvalue weighted by molar-refractivity contribution is 7.09. The molecule has 740 valence electrons. The number of aromatic amines is 1. The number of nitrogens with zero attached hydrogens (tertiary/aromatic N) is 20. The standard InChI is InChI=1S/C12H16N2.2C10H15N.C9H13NO.C9H13N.C8H15N2.3C8H12N2.C7H13N3.C7H15N3.C7H12N2.C7H11NS/c1-12(2,3)11-9-7-5-6-8-10(9)14(4)13-11;1-8-5-6-11-7-9(8)10(2,3)4;1-8-6-5-7-9(11-8)10(2,3)4;1-9(2,3)8-6-4-5-7-10(8)11;1-9(2,3)8-6-4-5-7-10-8;1-8(2,3)7-9-5-6-10(7)4;1-8(2,3)7-6-9-4-5-10-7;1-8(2,3)7-4-5-9-6-10-7;1-8(2,3)7-9-5-4-6-10-7;1-7(2,3)6-5-10(4)9-8-6;1-7(2,3)6-5-8-9-10(6)4;1-7(2,3)6-4-5-8-9-6;1-7(2,3)6-8-4-5-9-6/h5-8H,1-4H3;2*5-7H,1-4H3;4-7H,1-3H3;4-7H,1-3H3;6H,5H2,1-4H3;3*4-6H,1-3H3;5H,1-4H3;5,8-9H,1-4H3;4-5H,1-3H3,(H,8,9);4-5H,1-3H3/q;;;;;+1;;;;;;;. The summed E-state index contributed by atoms with van der Waals surface area (Å²) in [6.45, 7) is 88.8. The molecule has 0 radical (unpaired) electrons. The number of amidine groups is 1. The highest BCUT2D eigenvalue weighted by atomic mass is 32.1. The Morgan fingerprint density at radius 1 is 0.430 bits per heavy atom. The lowest BCUT2D eigenvalue weighted by Gasteiger charge is -2.26. The van der Waals surface area contributed by atoms with Gasteiger partial charge in [0.2, 0.25) is 0 Å². The summed E-state index contributed by atoms with van der Waals surface area (Å²) in [5.41, 5.74) is 22.7. The number of hydrogen-bond donors (Lipinski definition) is 3. The molecule has 135 heavy (non-hydrogen) atoms. The normalized spacial score (nSPS) is 12.8. The molecule has 14 rings (SSSR count). The molecule has 0 spiro atoms. The van der Waals surface area contributed by atoms with Crippen LogP contribution in [0.4, 0.5) is 0 Å². The summed E-state index contributed by atoms with van der Waals surface area (Å²) in [6.07, 6.45) is 28.9. The first-order valence-electron chi connectivity index (χ1n) is 46.7. The molecule has 12 aromatic rings. The van der Waals surface area contributed by atoms with Gasteiger partial charge < -0.3 is 10.6 Å². The highest BCUT2D eigenvalue weighted by Crippen LogP contribution is 2.32. The van der Waals surface area contributed by atoms with Gasteiger partial charge in [-0.15, -0.1) is 22.0 Å². The number of hydrazine groups is 2. The van der Waals surface area contributed by atoms with Gasteiger partial charge in [-0.25, -0.2) is 29.5 Å². The van der Waals surface area contributed by atoms with Gasteiger partial charge in [-0.2, -0.15) is 14.9 Å². The first-order valence-corrected chi connectivity index (χ1v) is 47.6. The summed E-state index contributed by atoms with van der Waals surface area (Å²) in [5, 5.41) is 36.9. The van der Waals surface area contributed by atoms with Crippen LogP contribution in [0.3, 0.4) is 0 Å². The summed E-state index contributed by atoms with van der Waals surface area (Å²) in [6, 6.07) is 33.9. The number of allylic oxidation sites excluding steroid dienone is 1. The van der Waals surface area contributed by atoms with E-state index in [1.165, 1.54) is 56.2 Å². The molecule has 0 saturated carbocycles. The molecule has 24 nitrogen and oxygen atoms in total. The molecule has 0 aliphatic carbocycles. The van der Waals surface area contributed by atoms with E-state index in [9.17, 15) is 5.21 Å². The van der Waals surface area contributed by atoms with Gasteiger partial charge in [-0.1, -0.05) is 290 Å². The van der Waals surface area contributed by atoms with Crippen LogP contribution in [0.2, 0.25) is 0 Å². The number of benzene rings is 1. The number of aromatic nitrogens is 18. The molecule has 11 aromatic heterocycles. The smallest absolute Gasteiger partial charge is 0.297 e. The van der Waals surface area contributed by atoms with E-state index >= 15 is 0 Å². The van der Waals surface area contributed by atoms with E-state index in [1.807, 2.05) is 150 Å². The Labute approximate surface area is 819 Å². The summed E-state index contributed by atoms with van der Waals surface area (Å²) in [5.74, 6) is 2.09. The number of pyridine rings is 4. The molecular weight excluding hydrogens is 1690 g/mol. The fourth-order valence-electron chi connectivity index (χ4n) is 12.1. The van der Waals surface area contributed by atoms with E-state index in [4.69, 9.17) is 0 Å². The quantitative estimate of drug-likeness (QED) is 0.0940. The number of H-pyrrole nitrogens is 1. The number of fused-ring (bicyclic) bond motifs is 1. The number of para-hydroxylation sites is 1. The molecule has 0 atom stereocenters. The monoisotopic (exact) mass is 1870 g/mol. The summed E-state index contributed by atoms with van der Waals surface area (Å²) in [4.78, 5) is 45.8. The number of thiazole rings is 1. The van der Waals surface area contributed by atoms with Crippen molar-refractivity contribution in [2.24, 2.45) is 29.9 Å². The van der Waals surface area contributed by atoms with Gasteiger partial charge >= 0.3 is 0 Å². The van der Waals surface area contributed by atoms with Crippen molar-refractivity contribution in [2.75, 3.05) is 20.6 Å². The topological polar surface area (TPSA) is 276 Å². The summed E-state index contributed by atoms with van der Waals surface area (Å²) < 4.78 is 6.70. The number of rotatable bonds is 0. The Hall–Kier alpha value is -11.1. The van der Waals surface area contributed by atoms with Crippen LogP contribution < -0.4 is 15.7 Å². The second-order valence-corrected chi connectivity index (χ2v) is 47.8. The molecule has 3 N–H and O–H groups in total. The van der Waals surface area contributed by atoms with Crippen molar-refractivity contribution < 1.29 is 9.31 Å². The van der Waals surface area contributed by atoms with E-state index in [0.717, 1.165) is 57.0 Å². The summed E-state index contributed by atoms with van der Waals surface area (Å²) >= 11 is 1.72. The maximum atomic E-state index is 11.2. The molecule has 0 saturated heterocycles. The number of hydrogen-bond acceptors (Lipinski definition) is 20. The third-order valence-electron chi connectivity index (χ3n) is 19.8. The minimum Gasteiger partial charge on any atom is -0.618 e. The lowest BCUT2D eigenvalue weighted by molar-refractivity contribution is -0.617. The van der Waals surface area contributed by atoms with E-state index in [2.05, 4.69) is 414 Å². The maximum Gasteiger partial charge on any atom is 0.297 e. The van der Waals surface area contributed by atoms with E-state index in [-0.39, 0.29) is 70.4 Å². The van der Waals surface area contributed by atoms with Crippen LogP contribution in [0, 0.1) is 29.9 Å². The molecule has 0 unspecified atom stereocenters. The van der Waals surface area contributed by atoms with E-state index < -0.39 is 0 Å². The van der Waals surface area contributed by atoms with Crippen LogP contribution >= 0.6 is 11.3 Å². The molecule has 2 aliphatic heterocycles. The van der Waals surface area contributed by atoms with Crippen molar-refractivity contribution in [2.45, 2.75) is 343 Å². The average molecular weight is 1870 g/mol. The van der Waals surface area contributed by atoms with E-state index in [0.29, 0.717) is 0 Å². The Kier molecular flexibility index (Phi) is 46.5. The van der Waals surface area contributed by atoms with Crippen LogP contribution in [0.25, 0.3) is 10.9 Å². The predicted octanol–water partition coefficient (Wildman–Crippen LogP) is 24.8. The molecule has 1 aromatic carbocycles. The van der Waals surface area contributed by atoms with Crippen molar-refractivity contribution >= 4 is 34.3 Å². The van der Waals surface area contributed by atoms with Gasteiger partial charge in [0.15, 0.2) is 18.4 Å². The fourth-order valence-corrected chi connectivity index (χ4v) is 12.9. The van der Waals surface area contributed by atoms with Gasteiger partial charge in [0.05, 0.1) is 45.8 Å². The Morgan fingerprint density at radius 3 is 1.30 bits per heavy atom. The number of aryl methyl sites for hydroxylation is 4. The Bertz CT molecular complexity index is 5100. The molecule has 0 fully saturated rings. The van der Waals surface area contributed by atoms with Crippen molar-refractivity contribution in [1.29, 1.82) is 0 Å². The second kappa shape index (κ2) is 52.3. The van der Waals surface area contributed by atoms with Crippen molar-refractivity contribution in [1.82, 2.24) is 101 Å². The summed E-state index contributed by atoms with van der Waals surface area (Å²) in [7, 11) is 7.92. The molecule has 0 amide bonds. The number of aliphatic imine (C=N–C) groups is 1. The minimum atomic E-state index is -0.0665. The maximum absolute atomic E-state index is 11.2. The lowest BCUT2D eigenvalue weighted by Crippen LogP contribution is -2.37. The third-order valence-corrected chi connectivity index (χ3v) is 21.0. The Morgan fingerprint density at radius 2 is 0.978 bits per heavy atom. The van der Waals surface area contributed by atoms with Gasteiger partial charge in [-0.3, -0.25) is 44.4 Å². The van der Waals surface area contributed by atoms with E-state index in [1.54, 1.807) is 71.8 Å². The highest BCUT2D eigenvalue weighted by Gasteiger charge is 2.31. The molecule has 13 heterocycles. The molecule has 25 heteroatoms. The zero-order chi connectivity index (χ0) is 103. The van der Waals surface area contributed by atoms with Gasteiger partial charge in [0.1, 0.15) is 18.4 Å². The Balaban J connectivity index is 0.000000495. The zero-order valence-corrected chi connectivity index (χ0v) is 92.4. The van der Waals surface area contributed by atoms with Crippen LogP contribution in [0.1, 0.15) is 343 Å². The lowest BCUT2D eigenvalue weighted by atomic mass is 9.86. The van der Waals surface area contributed by atoms with Gasteiger partial charge in [-0.05, 0) is 112 Å². The zero-order valence-electron chi connectivity index (χ0n) is 91.6. The van der Waals surface area contributed by atoms with Crippen LogP contribution in [-0.2, 0) is 73.7 Å². The first kappa shape index (κ1) is 120. The third kappa shape index (κ3) is 46.4. The van der Waals surface area contributed by atoms with Crippen molar-refractivity contribution in [3.63, 3.8) is 0 Å². The van der Waals surface area contributed by atoms with Crippen LogP contribution in [-0.4, -0.2) is 127 Å². The molecule has 2 aliphatic rings. The van der Waals surface area contributed by atoms with Gasteiger partial charge in [0.25, 0.3) is 5.84 Å². The molecular formula is C110H174N23OS+. The van der Waals surface area contributed by atoms with Gasteiger partial charge in [0, 0.05) is 213 Å². The molecule has 0 bridgehead atoms. The average Bonchev–Trinajstić information content (AvgIpc) is 1.63. The first-order chi connectivity index (χ1) is 61.7. The van der Waals surface area contributed by atoms with Crippen molar-refractivity contribution in [3.8, 4) is 0 Å². The van der Waals surface area contributed by atoms with Crippen LogP contribution in [0.5, 0.6) is 0 Å². The van der Waals surface area contributed by atoms with Crippen molar-refractivity contribution in [3.05, 3.63) is 286 Å².